The summed E-state index contributed by atoms with van der Waals surface area (Å²) in [6.45, 7) is 9.69. The van der Waals surface area contributed by atoms with Gasteiger partial charge in [0.15, 0.2) is 5.82 Å². The van der Waals surface area contributed by atoms with Gasteiger partial charge in [0.25, 0.3) is 5.91 Å². The summed E-state index contributed by atoms with van der Waals surface area (Å²) in [6.07, 6.45) is -0.146. The number of hydrogen-bond acceptors (Lipinski definition) is 12. The van der Waals surface area contributed by atoms with Gasteiger partial charge in [-0.15, -0.1) is 5.06 Å². The van der Waals surface area contributed by atoms with Crippen LogP contribution in [-0.4, -0.2) is 119 Å². The molecule has 16 heteroatoms. The van der Waals surface area contributed by atoms with Crippen LogP contribution in [0.5, 0.6) is 0 Å². The van der Waals surface area contributed by atoms with E-state index in [9.17, 15) is 29.1 Å². The number of alkyl carbamates (subject to hydrolysis) is 1. The molecule has 0 unspecified atom stereocenters. The molecule has 0 spiro atoms. The van der Waals surface area contributed by atoms with Crippen molar-refractivity contribution in [1.82, 2.24) is 30.6 Å². The highest BCUT2D eigenvalue weighted by Crippen LogP contribution is 2.46. The Morgan fingerprint density at radius 3 is 2.31 bits per heavy atom. The summed E-state index contributed by atoms with van der Waals surface area (Å²) in [5.74, 6) is -0.971. The van der Waals surface area contributed by atoms with Crippen molar-refractivity contribution >= 4 is 35.9 Å². The van der Waals surface area contributed by atoms with Crippen LogP contribution in [0.2, 0.25) is 0 Å². The first-order valence-corrected chi connectivity index (χ1v) is 17.4. The topological polar surface area (TPSA) is 193 Å². The molecule has 1 aliphatic carbocycles. The van der Waals surface area contributed by atoms with Gasteiger partial charge in [0, 0.05) is 62.1 Å². The molecule has 2 aliphatic heterocycles. The minimum Gasteiger partial charge on any atom is -0.481 e. The number of hydroxylamine groups is 2. The maximum absolute atomic E-state index is 13.8. The van der Waals surface area contributed by atoms with E-state index in [0.717, 1.165) is 12.8 Å². The molecule has 0 bridgehead atoms. The molecule has 1 aromatic carbocycles. The number of nitrogens with one attached hydrogen (secondary N) is 2. The second-order valence-electron chi connectivity index (χ2n) is 14.0. The molecule has 3 amide bonds. The number of nitrogens with zero attached hydrogens (tertiary/aromatic N) is 5. The van der Waals surface area contributed by atoms with Crippen LogP contribution in [0.3, 0.4) is 0 Å². The van der Waals surface area contributed by atoms with Crippen molar-refractivity contribution in [2.45, 2.75) is 71.1 Å². The lowest BCUT2D eigenvalue weighted by Gasteiger charge is -2.35. The van der Waals surface area contributed by atoms with Gasteiger partial charge in [0.2, 0.25) is 5.91 Å². The van der Waals surface area contributed by atoms with E-state index in [1.807, 2.05) is 62.9 Å². The number of rotatable bonds is 13. The smallest absolute Gasteiger partial charge is 0.481 e. The number of unbranched alkanes of at least 4 members (excludes halogenated alkanes) is 1. The van der Waals surface area contributed by atoms with Crippen LogP contribution in [0.4, 0.5) is 15.4 Å². The van der Waals surface area contributed by atoms with Gasteiger partial charge in [0.1, 0.15) is 23.2 Å². The van der Waals surface area contributed by atoms with Crippen LogP contribution in [0.25, 0.3) is 11.4 Å². The van der Waals surface area contributed by atoms with E-state index < -0.39 is 41.7 Å². The number of carbonyl (C=O) groups excluding carboxylic acids is 4. The molecular formula is C35H47N7O9. The van der Waals surface area contributed by atoms with Crippen LogP contribution in [0, 0.1) is 11.8 Å². The molecule has 1 saturated carbocycles. The van der Waals surface area contributed by atoms with E-state index in [2.05, 4.69) is 15.6 Å². The molecule has 3 fully saturated rings. The van der Waals surface area contributed by atoms with Gasteiger partial charge in [-0.2, -0.15) is 0 Å². The Labute approximate surface area is 296 Å². The van der Waals surface area contributed by atoms with E-state index in [4.69, 9.17) is 19.3 Å². The fraction of sp³-hybridized carbons (Fsp3) is 0.571. The first-order valence-electron chi connectivity index (χ1n) is 17.4. The minimum atomic E-state index is -1.14. The van der Waals surface area contributed by atoms with Gasteiger partial charge in [-0.25, -0.2) is 19.6 Å². The number of piperazine rings is 1. The summed E-state index contributed by atoms with van der Waals surface area (Å²) in [6, 6.07) is 9.61. The van der Waals surface area contributed by atoms with Gasteiger partial charge in [-0.05, 0) is 33.6 Å². The summed E-state index contributed by atoms with van der Waals surface area (Å²) in [7, 11) is 0. The number of carboxylic acids is 1. The number of aliphatic carboxylic acids is 1. The molecule has 276 valence electrons. The van der Waals surface area contributed by atoms with Crippen molar-refractivity contribution in [3.63, 3.8) is 0 Å². The van der Waals surface area contributed by atoms with Crippen LogP contribution < -0.4 is 15.5 Å². The zero-order valence-electron chi connectivity index (χ0n) is 29.5. The summed E-state index contributed by atoms with van der Waals surface area (Å²) >= 11 is 0. The molecule has 3 aliphatic rings. The van der Waals surface area contributed by atoms with Crippen molar-refractivity contribution < 1.29 is 43.4 Å². The van der Waals surface area contributed by atoms with E-state index in [0.29, 0.717) is 30.3 Å². The van der Waals surface area contributed by atoms with E-state index in [-0.39, 0.29) is 69.2 Å². The molecule has 4 atom stereocenters. The number of hydrogen-bond donors (Lipinski definition) is 3. The summed E-state index contributed by atoms with van der Waals surface area (Å²) in [4.78, 5) is 81.3. The van der Waals surface area contributed by atoms with Gasteiger partial charge >= 0.3 is 18.2 Å². The predicted octanol–water partition coefficient (Wildman–Crippen LogP) is 3.08. The van der Waals surface area contributed by atoms with Crippen molar-refractivity contribution in [1.29, 1.82) is 0 Å². The van der Waals surface area contributed by atoms with E-state index in [1.54, 1.807) is 6.07 Å². The van der Waals surface area contributed by atoms with Crippen molar-refractivity contribution in [3.05, 3.63) is 42.1 Å². The highest BCUT2D eigenvalue weighted by Gasteiger charge is 2.57. The van der Waals surface area contributed by atoms with Crippen molar-refractivity contribution in [2.75, 3.05) is 50.8 Å². The molecule has 16 nitrogen and oxygen atoms in total. The molecule has 2 aromatic rings. The number of benzene rings is 1. The van der Waals surface area contributed by atoms with Crippen molar-refractivity contribution in [3.8, 4) is 11.4 Å². The highest BCUT2D eigenvalue weighted by molar-refractivity contribution is 5.97. The summed E-state index contributed by atoms with van der Waals surface area (Å²) in [5.41, 5.74) is 0.114. The summed E-state index contributed by atoms with van der Waals surface area (Å²) < 4.78 is 10.4. The number of aromatic nitrogens is 2. The minimum absolute atomic E-state index is 0.0108. The third kappa shape index (κ3) is 10.3. The number of ether oxygens (including phenoxy) is 2. The first-order chi connectivity index (χ1) is 24.3. The molecule has 1 aromatic heterocycles. The van der Waals surface area contributed by atoms with Crippen LogP contribution in [-0.2, 0) is 23.9 Å². The second kappa shape index (κ2) is 16.4. The third-order valence-corrected chi connectivity index (χ3v) is 8.90. The fourth-order valence-electron chi connectivity index (χ4n) is 6.21. The zero-order chi connectivity index (χ0) is 36.7. The number of anilines is 1. The average Bonchev–Trinajstić information content (AvgIpc) is 3.50. The Hall–Kier alpha value is -4.99. The number of carbonyl (C=O) groups is 5. The number of carboxylic acid groups (broad SMARTS) is 1. The number of piperidine rings is 1. The highest BCUT2D eigenvalue weighted by atomic mass is 16.8. The maximum atomic E-state index is 13.8. The van der Waals surface area contributed by atoms with Crippen LogP contribution in [0.1, 0.15) is 63.9 Å². The van der Waals surface area contributed by atoms with Gasteiger partial charge in [-0.3, -0.25) is 14.4 Å². The van der Waals surface area contributed by atoms with E-state index >= 15 is 0 Å². The Kier molecular flexibility index (Phi) is 12.0. The number of fused-ring (bicyclic) bond motifs is 1. The lowest BCUT2D eigenvalue weighted by molar-refractivity contribution is -0.158. The zero-order valence-corrected chi connectivity index (χ0v) is 29.5. The molecular weight excluding hydrogens is 662 g/mol. The normalized spacial score (nSPS) is 20.5. The lowest BCUT2D eigenvalue weighted by atomic mass is 10.1. The Morgan fingerprint density at radius 2 is 1.69 bits per heavy atom. The Balaban J connectivity index is 1.26. The van der Waals surface area contributed by atoms with Gasteiger partial charge in [0.05, 0.1) is 19.7 Å². The molecule has 0 radical (unpaired) electrons. The monoisotopic (exact) mass is 709 g/mol. The Bertz CT molecular complexity index is 1560. The third-order valence-electron chi connectivity index (χ3n) is 8.90. The van der Waals surface area contributed by atoms with Crippen LogP contribution in [0.15, 0.2) is 36.4 Å². The summed E-state index contributed by atoms with van der Waals surface area (Å²) in [5, 5.41) is 16.5. The standard InChI is InChI=1S/C35H47N7O9/c1-5-6-18-49-34(48)51-42-16-14-40(15-17-42)32(46)25(12-13-28(43)44)37-31(45)26-19-27(38-30(36-26)22-10-8-7-9-11-22)41-20-23-24(21-41)29(23)39-33(47)50-35(2,3)4/h7-11,19,23-25,29H,5-6,12-18,20-21H2,1-4H3,(H,37,45)(H,39,47)(H,43,44)/t23-,24+,25-,29-/m0/s1. The lowest BCUT2D eigenvalue weighted by Crippen LogP contribution is -2.55. The molecule has 5 rings (SSSR count). The van der Waals surface area contributed by atoms with E-state index in [1.165, 1.54) is 9.96 Å². The maximum Gasteiger partial charge on any atom is 0.527 e. The van der Waals surface area contributed by atoms with Gasteiger partial charge < -0.3 is 39.9 Å². The predicted molar refractivity (Wildman–Crippen MR) is 183 cm³/mol. The largest absolute Gasteiger partial charge is 0.527 e. The molecule has 2 saturated heterocycles. The SMILES string of the molecule is CCCCOC(=O)ON1CCN(C(=O)[C@H](CCC(=O)O)NC(=O)c2cc(N3C[C@@H]4[C@H](C3)[C@@H]4NC(=O)OC(C)(C)C)nc(-c3ccccc3)n2)CC1. The molecule has 51 heavy (non-hydrogen) atoms. The first kappa shape index (κ1) is 37.3. The van der Waals surface area contributed by atoms with Gasteiger partial charge in [-0.1, -0.05) is 43.7 Å². The molecule has 3 N–H and O–H groups in total. The average molecular weight is 710 g/mol. The Morgan fingerprint density at radius 1 is 1.00 bits per heavy atom. The fourth-order valence-corrected chi connectivity index (χ4v) is 6.21. The van der Waals surface area contributed by atoms with Crippen LogP contribution >= 0.6 is 0 Å². The second-order valence-corrected chi connectivity index (χ2v) is 14.0. The molecule has 3 heterocycles. The van der Waals surface area contributed by atoms with Crippen molar-refractivity contribution in [2.24, 2.45) is 11.8 Å². The number of amides is 3. The quantitative estimate of drug-likeness (QED) is 0.203.